The molecule has 0 fully saturated rings. The predicted molar refractivity (Wildman–Crippen MR) is 369 cm³/mol. The number of ether oxygens (including phenoxy) is 2. The van der Waals surface area contributed by atoms with Crippen molar-refractivity contribution in [1.29, 1.82) is 0 Å². The van der Waals surface area contributed by atoms with E-state index in [0.717, 1.165) is 40.1 Å². The Kier molecular flexibility index (Phi) is 21.0. The van der Waals surface area contributed by atoms with E-state index < -0.39 is 41.2 Å². The summed E-state index contributed by atoms with van der Waals surface area (Å²) < 4.78 is 52.6. The Morgan fingerprint density at radius 1 is 0.531 bits per heavy atom. The second-order valence-corrected chi connectivity index (χ2v) is 25.6. The highest BCUT2D eigenvalue weighted by molar-refractivity contribution is 6.35. The van der Waals surface area contributed by atoms with Gasteiger partial charge < -0.3 is 40.8 Å². The number of nitrogens with one attached hydrogen (secondary N) is 5. The smallest absolute Gasteiger partial charge is 0.420 e. The fraction of sp³-hybridized carbons (Fsp3) is 0.254. The average molecular weight is 1330 g/mol. The molecule has 12 rings (SSSR count). The molecule has 25 heteroatoms. The lowest BCUT2D eigenvalue weighted by atomic mass is 10.0. The maximum absolute atomic E-state index is 13.3. The summed E-state index contributed by atoms with van der Waals surface area (Å²) in [5.41, 5.74) is 15.6. The molecule has 1 aliphatic rings. The number of allylic oxidation sites excluding steroid dienone is 1. The molecule has 11 aromatic rings. The lowest BCUT2D eigenvalue weighted by molar-refractivity contribution is 0.0532. The third kappa shape index (κ3) is 16.7. The minimum atomic E-state index is -0.642. The molecule has 1 aliphatic carbocycles. The number of nitrogens with two attached hydrogens (primary N) is 1. The topological polar surface area (TPSA) is 288 Å². The maximum Gasteiger partial charge on any atom is 0.420 e. The summed E-state index contributed by atoms with van der Waals surface area (Å²) in [5.74, 6) is -1.51. The fourth-order valence-corrected chi connectivity index (χ4v) is 10.3. The zero-order chi connectivity index (χ0) is 69.5. The number of halogens is 4. The van der Waals surface area contributed by atoms with Crippen LogP contribution in [-0.2, 0) is 15.9 Å². The van der Waals surface area contributed by atoms with E-state index in [1.807, 2.05) is 68.4 Å². The van der Waals surface area contributed by atoms with Gasteiger partial charge in [0.1, 0.15) is 11.2 Å². The molecule has 496 valence electrons. The van der Waals surface area contributed by atoms with Gasteiger partial charge in [-0.15, -0.1) is 0 Å². The van der Waals surface area contributed by atoms with Crippen LogP contribution in [0, 0.1) is 17.8 Å². The quantitative estimate of drug-likeness (QED) is 0.0694. The van der Waals surface area contributed by atoms with E-state index in [9.17, 15) is 37.1 Å². The molecule has 21 nitrogen and oxygen atoms in total. The number of carbonyl (C=O) groups is 2. The molecule has 0 unspecified atom stereocenters. The normalized spacial score (nSPS) is 11.8. The van der Waals surface area contributed by atoms with Crippen molar-refractivity contribution in [1.82, 2.24) is 54.0 Å². The first-order chi connectivity index (χ1) is 45.4. The van der Waals surface area contributed by atoms with Crippen LogP contribution in [0.15, 0.2) is 155 Å². The van der Waals surface area contributed by atoms with E-state index >= 15 is 0 Å². The van der Waals surface area contributed by atoms with Crippen LogP contribution in [0.25, 0.3) is 61.5 Å². The standard InChI is InChI=1S/C25H26FN5O3.C21H19FN4O.C13H14FN3O.C12H13ClN2O2/c1-14(2)21-19(12-17(23(32)30-21)15-6-7-20(26)28-13-15)29-18-8-10-27-22-16(18)9-11-31(22)24(33)34-25(3,4)5;1-12(2)20-18(25-17-8-9-23-16-5-3-4-14(16)17)10-15(21(27)26-20)13-6-7-19(22)24-11-13;1-7(2)12-10(15)5-9(13(18)17-12)8-3-4-11(14)16-6-8;1-12(2,3)17-11(16)15-7-5-8-9(13)4-6-14-10(8)15/h6-14H,1-5H3,(H,27,29)(H,30,32);3-4,6-12H,5H2,1-2H3,(H,23,25)(H,26,27);3-7H,15H2,1-2H3,(H,17,18);4-7H,1-3H3. The van der Waals surface area contributed by atoms with Crippen LogP contribution in [0.4, 0.5) is 51.2 Å². The van der Waals surface area contributed by atoms with Crippen molar-refractivity contribution in [3.8, 4) is 33.4 Å². The Morgan fingerprint density at radius 3 is 1.39 bits per heavy atom. The monoisotopic (exact) mass is 1320 g/mol. The van der Waals surface area contributed by atoms with Gasteiger partial charge in [-0.3, -0.25) is 19.4 Å². The van der Waals surface area contributed by atoms with E-state index in [4.69, 9.17) is 26.8 Å². The first-order valence-electron chi connectivity index (χ1n) is 30.6. The van der Waals surface area contributed by atoms with Gasteiger partial charge in [0.25, 0.3) is 16.7 Å². The van der Waals surface area contributed by atoms with Crippen LogP contribution in [0.2, 0.25) is 5.02 Å². The first-order valence-corrected chi connectivity index (χ1v) is 31.0. The zero-order valence-corrected chi connectivity index (χ0v) is 55.6. The number of pyridine rings is 9. The van der Waals surface area contributed by atoms with Gasteiger partial charge >= 0.3 is 12.2 Å². The zero-order valence-electron chi connectivity index (χ0n) is 54.8. The first kappa shape index (κ1) is 69.3. The third-order valence-corrected chi connectivity index (χ3v) is 14.9. The lowest BCUT2D eigenvalue weighted by Gasteiger charge is -2.19. The molecule has 0 aromatic carbocycles. The van der Waals surface area contributed by atoms with Gasteiger partial charge in [-0.25, -0.2) is 43.6 Å². The van der Waals surface area contributed by atoms with E-state index in [1.165, 1.54) is 58.1 Å². The summed E-state index contributed by atoms with van der Waals surface area (Å²) >= 11 is 6.00. The number of anilines is 5. The average Bonchev–Trinajstić information content (AvgIpc) is 1.67. The van der Waals surface area contributed by atoms with Crippen molar-refractivity contribution in [3.05, 3.63) is 223 Å². The molecule has 0 bridgehead atoms. The van der Waals surface area contributed by atoms with Gasteiger partial charge in [0.05, 0.1) is 50.2 Å². The minimum Gasteiger partial charge on any atom is -0.443 e. The number of H-pyrrole nitrogens is 3. The van der Waals surface area contributed by atoms with Gasteiger partial charge in [0.2, 0.25) is 17.8 Å². The molecule has 0 atom stereocenters. The third-order valence-electron chi connectivity index (χ3n) is 14.6. The molecule has 11 aromatic heterocycles. The Balaban J connectivity index is 0.000000156. The molecule has 96 heavy (non-hydrogen) atoms. The number of rotatable bonds is 10. The second kappa shape index (κ2) is 29.1. The number of fused-ring (bicyclic) bond motifs is 3. The fourth-order valence-electron chi connectivity index (χ4n) is 10.1. The largest absolute Gasteiger partial charge is 0.443 e. The molecular weight excluding hydrogens is 1250 g/mol. The highest BCUT2D eigenvalue weighted by Crippen LogP contribution is 2.35. The number of aromatic nitrogens is 11. The van der Waals surface area contributed by atoms with Gasteiger partial charge in [-0.05, 0) is 144 Å². The van der Waals surface area contributed by atoms with Crippen molar-refractivity contribution in [2.24, 2.45) is 0 Å². The van der Waals surface area contributed by atoms with Crippen LogP contribution in [-0.4, -0.2) is 77.4 Å². The van der Waals surface area contributed by atoms with Crippen molar-refractivity contribution >= 4 is 80.4 Å². The van der Waals surface area contributed by atoms with Crippen LogP contribution >= 0.6 is 11.6 Å². The van der Waals surface area contributed by atoms with E-state index in [-0.39, 0.29) is 34.4 Å². The molecule has 0 radical (unpaired) electrons. The highest BCUT2D eigenvalue weighted by atomic mass is 35.5. The summed E-state index contributed by atoms with van der Waals surface area (Å²) in [6, 6.07) is 22.3. The molecule has 7 N–H and O–H groups in total. The summed E-state index contributed by atoms with van der Waals surface area (Å²) in [4.78, 5) is 94.2. The number of carbonyl (C=O) groups excluding carboxylic acids is 2. The van der Waals surface area contributed by atoms with Crippen molar-refractivity contribution in [3.63, 3.8) is 0 Å². The molecule has 0 saturated carbocycles. The van der Waals surface area contributed by atoms with Gasteiger partial charge in [0.15, 0.2) is 11.3 Å². The van der Waals surface area contributed by atoms with Gasteiger partial charge in [-0.2, -0.15) is 13.2 Å². The molecular formula is C71H72ClF3N14O7. The second-order valence-electron chi connectivity index (χ2n) is 25.2. The molecule has 0 aliphatic heterocycles. The molecule has 11 heterocycles. The van der Waals surface area contributed by atoms with E-state index in [0.29, 0.717) is 83.5 Å². The number of hydrogen-bond acceptors (Lipinski definition) is 16. The number of nitrogen functional groups attached to an aromatic ring is 1. The number of aromatic amines is 3. The summed E-state index contributed by atoms with van der Waals surface area (Å²) in [5, 5.41) is 8.83. The summed E-state index contributed by atoms with van der Waals surface area (Å²) in [6.45, 7) is 22.7. The Labute approximate surface area is 555 Å². The highest BCUT2D eigenvalue weighted by Gasteiger charge is 2.24. The van der Waals surface area contributed by atoms with Crippen LogP contribution in [0.1, 0.15) is 129 Å². The Morgan fingerprint density at radius 2 is 0.938 bits per heavy atom. The molecule has 0 spiro atoms. The molecule has 0 saturated heterocycles. The van der Waals surface area contributed by atoms with Crippen molar-refractivity contribution in [2.75, 3.05) is 16.4 Å². The van der Waals surface area contributed by atoms with Gasteiger partial charge in [-0.1, -0.05) is 65.3 Å². The van der Waals surface area contributed by atoms with Crippen LogP contribution in [0.3, 0.4) is 0 Å². The minimum absolute atomic E-state index is 0.0132. The number of nitrogens with zero attached hydrogens (tertiary/aromatic N) is 8. The van der Waals surface area contributed by atoms with E-state index in [1.54, 1.807) is 100 Å². The lowest BCUT2D eigenvalue weighted by Crippen LogP contribution is -2.26. The maximum atomic E-state index is 13.3. The molecule has 0 amide bonds. The summed E-state index contributed by atoms with van der Waals surface area (Å²) in [7, 11) is 0. The SMILES string of the molecule is CC(C)(C)OC(=O)n1ccc2c(Cl)ccnc21.CC(C)c1[nH]c(=O)c(-c2ccc(F)nc2)cc1N.CC(C)c1[nH]c(=O)c(-c2ccc(F)nc2)cc1Nc1ccnc2c1C=CC2.CC(C)c1[nH]c(=O)c(-c2ccc(F)nc2)cc1Nc1ccnc2c1ccn2C(=O)OC(C)(C)C. The Bertz CT molecular complexity index is 4870. The summed E-state index contributed by atoms with van der Waals surface area (Å²) in [6.07, 6.45) is 16.1. The van der Waals surface area contributed by atoms with Crippen molar-refractivity contribution in [2.45, 2.75) is 118 Å². The van der Waals surface area contributed by atoms with E-state index in [2.05, 4.69) is 67.6 Å². The Hall–Kier alpha value is -11.0. The van der Waals surface area contributed by atoms with Gasteiger partial charge in [0, 0.05) is 112 Å². The number of hydrogen-bond donors (Lipinski definition) is 6. The predicted octanol–water partition coefficient (Wildman–Crippen LogP) is 15.7. The van der Waals surface area contributed by atoms with Crippen LogP contribution < -0.4 is 33.0 Å². The van der Waals surface area contributed by atoms with Crippen LogP contribution in [0.5, 0.6) is 0 Å². The van der Waals surface area contributed by atoms with Crippen molar-refractivity contribution < 1.29 is 32.2 Å².